The summed E-state index contributed by atoms with van der Waals surface area (Å²) in [5.74, 6) is 0.274. The van der Waals surface area contributed by atoms with Crippen molar-refractivity contribution in [1.82, 2.24) is 5.32 Å². The van der Waals surface area contributed by atoms with Gasteiger partial charge in [0.2, 0.25) is 0 Å². The van der Waals surface area contributed by atoms with Crippen molar-refractivity contribution in [2.45, 2.75) is 6.92 Å². The van der Waals surface area contributed by atoms with Gasteiger partial charge in [-0.25, -0.2) is 4.99 Å². The Labute approximate surface area is 128 Å². The lowest BCUT2D eigenvalue weighted by Gasteiger charge is -2.01. The van der Waals surface area contributed by atoms with Gasteiger partial charge in [0, 0.05) is 5.56 Å². The van der Waals surface area contributed by atoms with Crippen LogP contribution >= 0.6 is 11.6 Å². The second-order valence-corrected chi connectivity index (χ2v) is 5.25. The number of aliphatic imine (C=N–C) groups is 1. The SMILES string of the molecule is Cc1cccc(/C=C2/N=C(c3ccccc3Cl)NC2=O)c1. The number of amidine groups is 1. The molecule has 0 unspecified atom stereocenters. The molecular weight excluding hydrogens is 284 g/mol. The smallest absolute Gasteiger partial charge is 0.275 e. The third kappa shape index (κ3) is 2.88. The second kappa shape index (κ2) is 5.54. The molecule has 1 aliphatic rings. The van der Waals surface area contributed by atoms with Crippen molar-refractivity contribution >= 4 is 29.4 Å². The lowest BCUT2D eigenvalue weighted by Crippen LogP contribution is -2.24. The molecule has 4 heteroatoms. The van der Waals surface area contributed by atoms with E-state index in [1.165, 1.54) is 0 Å². The number of carbonyl (C=O) groups excluding carboxylic acids is 1. The predicted molar refractivity (Wildman–Crippen MR) is 85.3 cm³/mol. The minimum Gasteiger partial charge on any atom is -0.305 e. The Balaban J connectivity index is 1.98. The number of rotatable bonds is 2. The van der Waals surface area contributed by atoms with Crippen molar-refractivity contribution < 1.29 is 4.79 Å². The highest BCUT2D eigenvalue weighted by Gasteiger charge is 2.22. The molecule has 0 fully saturated rings. The molecule has 0 saturated carbocycles. The van der Waals surface area contributed by atoms with Crippen LogP contribution in [0.4, 0.5) is 0 Å². The molecule has 0 aromatic heterocycles. The number of nitrogens with zero attached hydrogens (tertiary/aromatic N) is 1. The lowest BCUT2D eigenvalue weighted by molar-refractivity contribution is -0.115. The number of halogens is 1. The van der Waals surface area contributed by atoms with E-state index in [1.54, 1.807) is 12.1 Å². The molecule has 21 heavy (non-hydrogen) atoms. The van der Waals surface area contributed by atoms with Gasteiger partial charge in [0.25, 0.3) is 5.91 Å². The molecule has 0 saturated heterocycles. The molecule has 1 heterocycles. The first kappa shape index (κ1) is 13.6. The van der Waals surface area contributed by atoms with Crippen LogP contribution in [0.25, 0.3) is 6.08 Å². The van der Waals surface area contributed by atoms with Gasteiger partial charge in [-0.05, 0) is 30.7 Å². The molecular formula is C17H13ClN2O. The van der Waals surface area contributed by atoms with Crippen molar-refractivity contribution in [1.29, 1.82) is 0 Å². The van der Waals surface area contributed by atoms with Crippen LogP contribution < -0.4 is 5.32 Å². The summed E-state index contributed by atoms with van der Waals surface area (Å²) < 4.78 is 0. The molecule has 1 N–H and O–H groups in total. The summed E-state index contributed by atoms with van der Waals surface area (Å²) in [4.78, 5) is 16.4. The van der Waals surface area contributed by atoms with E-state index in [-0.39, 0.29) is 5.91 Å². The third-order valence-electron chi connectivity index (χ3n) is 3.17. The van der Waals surface area contributed by atoms with Gasteiger partial charge in [-0.1, -0.05) is 53.6 Å². The standard InChI is InChI=1S/C17H13ClN2O/c1-11-5-4-6-12(9-11)10-15-17(21)20-16(19-15)13-7-2-3-8-14(13)18/h2-10H,1H3,(H,19,20,21)/b15-10+. The summed E-state index contributed by atoms with van der Waals surface area (Å²) in [6.45, 7) is 2.01. The average Bonchev–Trinajstić information content (AvgIpc) is 2.80. The molecule has 0 bridgehead atoms. The van der Waals surface area contributed by atoms with Gasteiger partial charge in [0.05, 0.1) is 5.02 Å². The van der Waals surface area contributed by atoms with Crippen molar-refractivity contribution in [3.63, 3.8) is 0 Å². The molecule has 104 valence electrons. The highest BCUT2D eigenvalue weighted by atomic mass is 35.5. The van der Waals surface area contributed by atoms with Gasteiger partial charge in [0.1, 0.15) is 11.5 Å². The fraction of sp³-hybridized carbons (Fsp3) is 0.0588. The number of nitrogens with one attached hydrogen (secondary N) is 1. The van der Waals surface area contributed by atoms with Crippen molar-refractivity contribution in [2.75, 3.05) is 0 Å². The molecule has 3 rings (SSSR count). The fourth-order valence-electron chi connectivity index (χ4n) is 2.17. The number of carbonyl (C=O) groups is 1. The van der Waals surface area contributed by atoms with Crippen LogP contribution in [0.3, 0.4) is 0 Å². The average molecular weight is 297 g/mol. The predicted octanol–water partition coefficient (Wildman–Crippen LogP) is 3.57. The highest BCUT2D eigenvalue weighted by Crippen LogP contribution is 2.20. The quantitative estimate of drug-likeness (QED) is 0.846. The molecule has 0 radical (unpaired) electrons. The molecule has 0 atom stereocenters. The summed E-state index contributed by atoms with van der Waals surface area (Å²) in [5, 5.41) is 3.32. The van der Waals surface area contributed by atoms with Gasteiger partial charge in [0.15, 0.2) is 0 Å². The molecule has 1 amide bonds. The Morgan fingerprint density at radius 1 is 1.14 bits per heavy atom. The van der Waals surface area contributed by atoms with Crippen molar-refractivity contribution in [2.24, 2.45) is 4.99 Å². The molecule has 2 aromatic rings. The maximum Gasteiger partial charge on any atom is 0.275 e. The summed E-state index contributed by atoms with van der Waals surface area (Å²) in [5.41, 5.74) is 3.19. The van der Waals surface area contributed by atoms with Gasteiger partial charge in [-0.15, -0.1) is 0 Å². The largest absolute Gasteiger partial charge is 0.305 e. The van der Waals surface area contributed by atoms with Crippen molar-refractivity contribution in [3.05, 3.63) is 75.9 Å². The minimum atomic E-state index is -0.216. The van der Waals surface area contributed by atoms with E-state index in [0.717, 1.165) is 16.7 Å². The van der Waals surface area contributed by atoms with E-state index in [4.69, 9.17) is 11.6 Å². The number of benzene rings is 2. The van der Waals surface area contributed by atoms with Crippen LogP contribution in [0.1, 0.15) is 16.7 Å². The summed E-state index contributed by atoms with van der Waals surface area (Å²) in [6.07, 6.45) is 1.77. The van der Waals surface area contributed by atoms with Crippen LogP contribution in [0.2, 0.25) is 5.02 Å². The number of hydrogen-bond donors (Lipinski definition) is 1. The van der Waals surface area contributed by atoms with Crippen LogP contribution in [0.15, 0.2) is 59.2 Å². The zero-order valence-electron chi connectivity index (χ0n) is 11.4. The molecule has 0 aliphatic carbocycles. The van der Waals surface area contributed by atoms with E-state index in [0.29, 0.717) is 16.6 Å². The zero-order valence-corrected chi connectivity index (χ0v) is 12.2. The monoisotopic (exact) mass is 296 g/mol. The first-order valence-electron chi connectivity index (χ1n) is 6.57. The highest BCUT2D eigenvalue weighted by molar-refractivity contribution is 6.35. The fourth-order valence-corrected chi connectivity index (χ4v) is 2.39. The molecule has 3 nitrogen and oxygen atoms in total. The van der Waals surface area contributed by atoms with Gasteiger partial charge >= 0.3 is 0 Å². The molecule has 1 aliphatic heterocycles. The van der Waals surface area contributed by atoms with Crippen LogP contribution in [-0.4, -0.2) is 11.7 Å². The summed E-state index contributed by atoms with van der Waals surface area (Å²) in [6, 6.07) is 15.2. The van der Waals surface area contributed by atoms with Crippen LogP contribution in [-0.2, 0) is 4.79 Å². The normalized spacial score (nSPS) is 16.0. The van der Waals surface area contributed by atoms with E-state index < -0.39 is 0 Å². The van der Waals surface area contributed by atoms with Crippen molar-refractivity contribution in [3.8, 4) is 0 Å². The Kier molecular flexibility index (Phi) is 3.59. The Bertz CT molecular complexity index is 778. The van der Waals surface area contributed by atoms with E-state index in [9.17, 15) is 4.79 Å². The summed E-state index contributed by atoms with van der Waals surface area (Å²) >= 11 is 6.13. The van der Waals surface area contributed by atoms with Crippen LogP contribution in [0, 0.1) is 6.92 Å². The van der Waals surface area contributed by atoms with Gasteiger partial charge < -0.3 is 5.32 Å². The van der Waals surface area contributed by atoms with Crippen LogP contribution in [0.5, 0.6) is 0 Å². The third-order valence-corrected chi connectivity index (χ3v) is 3.50. The Morgan fingerprint density at radius 2 is 1.95 bits per heavy atom. The second-order valence-electron chi connectivity index (χ2n) is 4.84. The maximum atomic E-state index is 12.0. The van der Waals surface area contributed by atoms with Gasteiger partial charge in [-0.3, -0.25) is 4.79 Å². The minimum absolute atomic E-state index is 0.216. The van der Waals surface area contributed by atoms with E-state index in [2.05, 4.69) is 10.3 Å². The van der Waals surface area contributed by atoms with Gasteiger partial charge in [-0.2, -0.15) is 0 Å². The first-order chi connectivity index (χ1) is 10.1. The van der Waals surface area contributed by atoms with E-state index >= 15 is 0 Å². The molecule has 2 aromatic carbocycles. The number of aryl methyl sites for hydroxylation is 1. The van der Waals surface area contributed by atoms with E-state index in [1.807, 2.05) is 49.4 Å². The lowest BCUT2D eigenvalue weighted by atomic mass is 10.1. The topological polar surface area (TPSA) is 41.5 Å². The number of amides is 1. The Morgan fingerprint density at radius 3 is 2.71 bits per heavy atom. The summed E-state index contributed by atoms with van der Waals surface area (Å²) in [7, 11) is 0. The maximum absolute atomic E-state index is 12.0. The number of hydrogen-bond acceptors (Lipinski definition) is 2. The first-order valence-corrected chi connectivity index (χ1v) is 6.94. The molecule has 0 spiro atoms. The zero-order chi connectivity index (χ0) is 14.8. The Hall–Kier alpha value is -2.39.